The highest BCUT2D eigenvalue weighted by atomic mass is 16.5. The van der Waals surface area contributed by atoms with Crippen molar-refractivity contribution in [2.45, 2.75) is 43.9 Å². The molecule has 2 heterocycles. The van der Waals surface area contributed by atoms with E-state index >= 15 is 0 Å². The van der Waals surface area contributed by atoms with Crippen LogP contribution in [0, 0.1) is 0 Å². The van der Waals surface area contributed by atoms with E-state index in [1.807, 2.05) is 19.4 Å². The largest absolute Gasteiger partial charge is 0.468 e. The van der Waals surface area contributed by atoms with Crippen molar-refractivity contribution in [1.82, 2.24) is 19.8 Å². The second-order valence-corrected chi connectivity index (χ2v) is 5.73. The number of fused-ring (bicyclic) bond motifs is 1. The fraction of sp³-hybridized carbons (Fsp3) is 0.714. The molecular formula is C14H22N4O2. The van der Waals surface area contributed by atoms with Crippen molar-refractivity contribution in [3.8, 4) is 0 Å². The van der Waals surface area contributed by atoms with Crippen LogP contribution >= 0.6 is 0 Å². The SMILES string of the molecule is CNC1(C(=O)OC)CCC(N2CCn3ccnc3C2)C1. The molecular weight excluding hydrogens is 256 g/mol. The first-order valence-electron chi connectivity index (χ1n) is 7.20. The zero-order valence-corrected chi connectivity index (χ0v) is 12.1. The molecule has 1 aliphatic heterocycles. The fourth-order valence-corrected chi connectivity index (χ4v) is 3.54. The van der Waals surface area contributed by atoms with Crippen molar-refractivity contribution in [2.24, 2.45) is 0 Å². The molecule has 0 spiro atoms. The first-order valence-corrected chi connectivity index (χ1v) is 7.20. The second-order valence-electron chi connectivity index (χ2n) is 5.73. The number of nitrogens with zero attached hydrogens (tertiary/aromatic N) is 3. The highest BCUT2D eigenvalue weighted by Crippen LogP contribution is 2.35. The molecule has 1 aromatic heterocycles. The molecule has 1 aliphatic carbocycles. The predicted octanol–water partition coefficient (Wildman–Crippen LogP) is 0.382. The van der Waals surface area contributed by atoms with Gasteiger partial charge in [-0.1, -0.05) is 0 Å². The molecule has 20 heavy (non-hydrogen) atoms. The summed E-state index contributed by atoms with van der Waals surface area (Å²) < 4.78 is 7.18. The number of carbonyl (C=O) groups is 1. The van der Waals surface area contributed by atoms with Gasteiger partial charge in [-0.25, -0.2) is 4.98 Å². The maximum Gasteiger partial charge on any atom is 0.326 e. The lowest BCUT2D eigenvalue weighted by Gasteiger charge is -2.34. The predicted molar refractivity (Wildman–Crippen MR) is 74.1 cm³/mol. The normalized spacial score (nSPS) is 30.2. The highest BCUT2D eigenvalue weighted by Gasteiger charge is 2.47. The van der Waals surface area contributed by atoms with E-state index in [9.17, 15) is 4.79 Å². The zero-order valence-electron chi connectivity index (χ0n) is 12.1. The van der Waals surface area contributed by atoms with Crippen LogP contribution in [0.25, 0.3) is 0 Å². The van der Waals surface area contributed by atoms with E-state index in [-0.39, 0.29) is 5.97 Å². The van der Waals surface area contributed by atoms with Gasteiger partial charge in [0.25, 0.3) is 0 Å². The van der Waals surface area contributed by atoms with Crippen molar-refractivity contribution in [1.29, 1.82) is 0 Å². The summed E-state index contributed by atoms with van der Waals surface area (Å²) in [5, 5.41) is 3.19. The smallest absolute Gasteiger partial charge is 0.326 e. The van der Waals surface area contributed by atoms with Crippen LogP contribution in [-0.4, -0.2) is 52.7 Å². The summed E-state index contributed by atoms with van der Waals surface area (Å²) in [5.74, 6) is 0.984. The van der Waals surface area contributed by atoms with Crippen LogP contribution in [-0.2, 0) is 22.6 Å². The highest BCUT2D eigenvalue weighted by molar-refractivity contribution is 5.81. The molecule has 2 atom stereocenters. The minimum Gasteiger partial charge on any atom is -0.468 e. The Bertz CT molecular complexity index is 501. The Kier molecular flexibility index (Phi) is 3.52. The summed E-state index contributed by atoms with van der Waals surface area (Å²) in [6, 6.07) is 0.423. The van der Waals surface area contributed by atoms with Gasteiger partial charge in [-0.05, 0) is 26.3 Å². The Morgan fingerprint density at radius 3 is 3.15 bits per heavy atom. The third-order valence-corrected chi connectivity index (χ3v) is 4.83. The quantitative estimate of drug-likeness (QED) is 0.810. The first-order chi connectivity index (χ1) is 9.68. The van der Waals surface area contributed by atoms with Crippen LogP contribution in [0.5, 0.6) is 0 Å². The van der Waals surface area contributed by atoms with Crippen molar-refractivity contribution in [3.63, 3.8) is 0 Å². The molecule has 6 heteroatoms. The summed E-state index contributed by atoms with van der Waals surface area (Å²) in [5.41, 5.74) is -0.508. The third kappa shape index (κ3) is 2.13. The number of esters is 1. The molecule has 1 saturated carbocycles. The molecule has 1 fully saturated rings. The number of likely N-dealkylation sites (N-methyl/N-ethyl adjacent to an activating group) is 1. The van der Waals surface area contributed by atoms with E-state index in [2.05, 4.69) is 19.8 Å². The molecule has 0 radical (unpaired) electrons. The van der Waals surface area contributed by atoms with Gasteiger partial charge in [-0.3, -0.25) is 9.69 Å². The lowest BCUT2D eigenvalue weighted by atomic mass is 9.97. The molecule has 6 nitrogen and oxygen atoms in total. The maximum atomic E-state index is 12.0. The van der Waals surface area contributed by atoms with E-state index in [4.69, 9.17) is 4.74 Å². The van der Waals surface area contributed by atoms with Crippen LogP contribution < -0.4 is 5.32 Å². The topological polar surface area (TPSA) is 59.4 Å². The molecule has 3 rings (SSSR count). The van der Waals surface area contributed by atoms with E-state index in [1.165, 1.54) is 7.11 Å². The van der Waals surface area contributed by atoms with Gasteiger partial charge in [0.1, 0.15) is 11.4 Å². The van der Waals surface area contributed by atoms with Crippen molar-refractivity contribution < 1.29 is 9.53 Å². The summed E-state index contributed by atoms with van der Waals surface area (Å²) in [6.45, 7) is 2.88. The zero-order chi connectivity index (χ0) is 14.2. The number of hydrogen-bond acceptors (Lipinski definition) is 5. The number of rotatable bonds is 3. The third-order valence-electron chi connectivity index (χ3n) is 4.83. The van der Waals surface area contributed by atoms with Gasteiger partial charge >= 0.3 is 5.97 Å². The molecule has 0 bridgehead atoms. The first kappa shape index (κ1) is 13.6. The van der Waals surface area contributed by atoms with Gasteiger partial charge in [-0.15, -0.1) is 0 Å². The Hall–Kier alpha value is -1.40. The van der Waals surface area contributed by atoms with Gasteiger partial charge in [0, 0.05) is 31.5 Å². The molecule has 110 valence electrons. The Morgan fingerprint density at radius 2 is 2.40 bits per heavy atom. The van der Waals surface area contributed by atoms with E-state index in [0.717, 1.165) is 44.7 Å². The fourth-order valence-electron chi connectivity index (χ4n) is 3.54. The van der Waals surface area contributed by atoms with Crippen molar-refractivity contribution in [2.75, 3.05) is 20.7 Å². The lowest BCUT2D eigenvalue weighted by Crippen LogP contribution is -2.50. The number of carbonyl (C=O) groups excluding carboxylic acids is 1. The molecule has 1 aromatic rings. The maximum absolute atomic E-state index is 12.0. The number of imidazole rings is 1. The second kappa shape index (κ2) is 5.18. The van der Waals surface area contributed by atoms with Gasteiger partial charge in [0.2, 0.25) is 0 Å². The molecule has 0 saturated heterocycles. The van der Waals surface area contributed by atoms with Crippen LogP contribution in [0.3, 0.4) is 0 Å². The number of nitrogens with one attached hydrogen (secondary N) is 1. The van der Waals surface area contributed by atoms with E-state index in [0.29, 0.717) is 6.04 Å². The molecule has 2 unspecified atom stereocenters. The van der Waals surface area contributed by atoms with Crippen molar-refractivity contribution >= 4 is 5.97 Å². The lowest BCUT2D eigenvalue weighted by molar-refractivity contribution is -0.148. The molecule has 2 aliphatic rings. The minimum atomic E-state index is -0.508. The standard InChI is InChI=1S/C14H22N4O2/c1-15-14(13(19)20-2)4-3-11(9-14)18-8-7-17-6-5-16-12(17)10-18/h5-6,11,15H,3-4,7-10H2,1-2H3. The van der Waals surface area contributed by atoms with Crippen LogP contribution in [0.15, 0.2) is 12.4 Å². The van der Waals surface area contributed by atoms with Crippen molar-refractivity contribution in [3.05, 3.63) is 18.2 Å². The Morgan fingerprint density at radius 1 is 1.55 bits per heavy atom. The van der Waals surface area contributed by atoms with Gasteiger partial charge < -0.3 is 14.6 Å². The minimum absolute atomic E-state index is 0.138. The Balaban J connectivity index is 1.70. The van der Waals surface area contributed by atoms with Gasteiger partial charge in [0.15, 0.2) is 0 Å². The van der Waals surface area contributed by atoms with Crippen LogP contribution in [0.1, 0.15) is 25.1 Å². The summed E-state index contributed by atoms with van der Waals surface area (Å²) >= 11 is 0. The molecule has 0 amide bonds. The van der Waals surface area contributed by atoms with Crippen LogP contribution in [0.4, 0.5) is 0 Å². The molecule has 0 aromatic carbocycles. The molecule has 1 N–H and O–H groups in total. The summed E-state index contributed by atoms with van der Waals surface area (Å²) in [7, 11) is 3.31. The number of hydrogen-bond donors (Lipinski definition) is 1. The van der Waals surface area contributed by atoms with Gasteiger partial charge in [-0.2, -0.15) is 0 Å². The van der Waals surface area contributed by atoms with E-state index in [1.54, 1.807) is 0 Å². The van der Waals surface area contributed by atoms with Gasteiger partial charge in [0.05, 0.1) is 13.7 Å². The summed E-state index contributed by atoms with van der Waals surface area (Å²) in [6.07, 6.45) is 6.58. The number of ether oxygens (including phenoxy) is 1. The average Bonchev–Trinajstić information content (AvgIpc) is 3.12. The Labute approximate surface area is 119 Å². The monoisotopic (exact) mass is 278 g/mol. The number of aromatic nitrogens is 2. The summed E-state index contributed by atoms with van der Waals surface area (Å²) in [4.78, 5) is 18.9. The van der Waals surface area contributed by atoms with E-state index < -0.39 is 5.54 Å². The average molecular weight is 278 g/mol. The number of methoxy groups -OCH3 is 1. The van der Waals surface area contributed by atoms with Crippen LogP contribution in [0.2, 0.25) is 0 Å².